The lowest BCUT2D eigenvalue weighted by Gasteiger charge is -2.00. The molecule has 0 amide bonds. The summed E-state index contributed by atoms with van der Waals surface area (Å²) in [7, 11) is 0.103. The fourth-order valence-corrected chi connectivity index (χ4v) is 2.30. The Morgan fingerprint density at radius 3 is 2.47 bits per heavy atom. The van der Waals surface area contributed by atoms with Crippen LogP contribution in [0.2, 0.25) is 0 Å². The summed E-state index contributed by atoms with van der Waals surface area (Å²) in [6.07, 6.45) is 10.4. The zero-order chi connectivity index (χ0) is 11.1. The average Bonchev–Trinajstić information content (AvgIpc) is 2.29. The Labute approximate surface area is 95.4 Å². The molecule has 78 valence electrons. The minimum absolute atomic E-state index is 0.103. The Kier molecular flexibility index (Phi) is 4.99. The van der Waals surface area contributed by atoms with Gasteiger partial charge in [0.1, 0.15) is 6.26 Å². The smallest absolute Gasteiger partial charge is 0.0877 e. The molecule has 0 heterocycles. The SMILES string of the molecule is C=C(/C=C\C=C/C)[S+](C)c1ccccc1. The molecule has 0 aromatic heterocycles. The van der Waals surface area contributed by atoms with E-state index in [1.165, 1.54) is 9.80 Å². The largest absolute Gasteiger partial charge is 0.160 e. The van der Waals surface area contributed by atoms with Crippen LogP contribution in [0.1, 0.15) is 6.92 Å². The molecule has 0 fully saturated rings. The van der Waals surface area contributed by atoms with Gasteiger partial charge in [-0.25, -0.2) is 0 Å². The van der Waals surface area contributed by atoms with Crippen molar-refractivity contribution >= 4 is 10.9 Å². The molecule has 1 unspecified atom stereocenters. The van der Waals surface area contributed by atoms with Crippen molar-refractivity contribution in [2.24, 2.45) is 0 Å². The van der Waals surface area contributed by atoms with E-state index in [2.05, 4.69) is 43.2 Å². The van der Waals surface area contributed by atoms with Crippen molar-refractivity contribution < 1.29 is 0 Å². The van der Waals surface area contributed by atoms with Crippen molar-refractivity contribution in [3.8, 4) is 0 Å². The van der Waals surface area contributed by atoms with Gasteiger partial charge < -0.3 is 0 Å². The summed E-state index contributed by atoms with van der Waals surface area (Å²) in [5, 5.41) is 0. The highest BCUT2D eigenvalue weighted by atomic mass is 32.2. The van der Waals surface area contributed by atoms with E-state index in [0.29, 0.717) is 0 Å². The van der Waals surface area contributed by atoms with E-state index < -0.39 is 0 Å². The molecule has 1 aromatic carbocycles. The molecule has 0 nitrogen and oxygen atoms in total. The lowest BCUT2D eigenvalue weighted by Crippen LogP contribution is -1.99. The fourth-order valence-electron chi connectivity index (χ4n) is 1.15. The molecule has 0 aliphatic carbocycles. The van der Waals surface area contributed by atoms with Crippen LogP contribution in [0.4, 0.5) is 0 Å². The third-order valence-corrected chi connectivity index (χ3v) is 3.98. The first-order valence-corrected chi connectivity index (χ1v) is 6.58. The molecule has 0 saturated heterocycles. The van der Waals surface area contributed by atoms with Gasteiger partial charge in [-0.3, -0.25) is 0 Å². The number of hydrogen-bond acceptors (Lipinski definition) is 0. The first kappa shape index (κ1) is 11.9. The van der Waals surface area contributed by atoms with Crippen LogP contribution in [0.5, 0.6) is 0 Å². The van der Waals surface area contributed by atoms with Crippen molar-refractivity contribution in [1.82, 2.24) is 0 Å². The van der Waals surface area contributed by atoms with Crippen LogP contribution >= 0.6 is 0 Å². The maximum absolute atomic E-state index is 4.09. The molecule has 15 heavy (non-hydrogen) atoms. The molecule has 0 saturated carbocycles. The molecule has 0 aliphatic heterocycles. The van der Waals surface area contributed by atoms with Crippen molar-refractivity contribution in [2.45, 2.75) is 11.8 Å². The highest BCUT2D eigenvalue weighted by Gasteiger charge is 2.16. The second-order valence-electron chi connectivity index (χ2n) is 3.17. The van der Waals surface area contributed by atoms with Crippen LogP contribution in [0.15, 0.2) is 71.0 Å². The van der Waals surface area contributed by atoms with Gasteiger partial charge in [0.25, 0.3) is 0 Å². The van der Waals surface area contributed by atoms with E-state index >= 15 is 0 Å². The minimum atomic E-state index is 0.103. The molecular weight excluding hydrogens is 200 g/mol. The molecule has 0 aliphatic rings. The van der Waals surface area contributed by atoms with Crippen molar-refractivity contribution in [3.05, 3.63) is 66.1 Å². The molecule has 1 aromatic rings. The van der Waals surface area contributed by atoms with Crippen LogP contribution in [0, 0.1) is 0 Å². The van der Waals surface area contributed by atoms with Gasteiger partial charge in [0.15, 0.2) is 9.80 Å². The van der Waals surface area contributed by atoms with Crippen molar-refractivity contribution in [1.29, 1.82) is 0 Å². The lowest BCUT2D eigenvalue weighted by atomic mass is 10.4. The Morgan fingerprint density at radius 2 is 1.87 bits per heavy atom. The molecule has 1 atom stereocenters. The average molecular weight is 217 g/mol. The summed E-state index contributed by atoms with van der Waals surface area (Å²) < 4.78 is 0. The lowest BCUT2D eigenvalue weighted by molar-refractivity contribution is 1.45. The quantitative estimate of drug-likeness (QED) is 0.529. The van der Waals surface area contributed by atoms with Gasteiger partial charge >= 0.3 is 0 Å². The molecule has 0 bridgehead atoms. The summed E-state index contributed by atoms with van der Waals surface area (Å²) >= 11 is 0. The van der Waals surface area contributed by atoms with Crippen molar-refractivity contribution in [3.63, 3.8) is 0 Å². The highest BCUT2D eigenvalue weighted by Crippen LogP contribution is 2.18. The van der Waals surface area contributed by atoms with Crippen LogP contribution in [0.3, 0.4) is 0 Å². The van der Waals surface area contributed by atoms with E-state index in [9.17, 15) is 0 Å². The Morgan fingerprint density at radius 1 is 1.20 bits per heavy atom. The van der Waals surface area contributed by atoms with Crippen LogP contribution in [-0.2, 0) is 10.9 Å². The van der Waals surface area contributed by atoms with Crippen LogP contribution in [0.25, 0.3) is 0 Å². The van der Waals surface area contributed by atoms with E-state index in [1.54, 1.807) is 0 Å². The van der Waals surface area contributed by atoms with Crippen molar-refractivity contribution in [2.75, 3.05) is 6.26 Å². The third-order valence-electron chi connectivity index (χ3n) is 2.08. The van der Waals surface area contributed by atoms with Gasteiger partial charge in [-0.05, 0) is 31.7 Å². The monoisotopic (exact) mass is 217 g/mol. The first-order chi connectivity index (χ1) is 7.25. The third kappa shape index (κ3) is 3.80. The molecular formula is C14H17S+. The van der Waals surface area contributed by atoms with E-state index in [4.69, 9.17) is 0 Å². The topological polar surface area (TPSA) is 0 Å². The Bertz CT molecular complexity index is 360. The zero-order valence-electron chi connectivity index (χ0n) is 9.31. The predicted molar refractivity (Wildman–Crippen MR) is 71.1 cm³/mol. The molecule has 0 N–H and O–H groups in total. The van der Waals surface area contributed by atoms with Gasteiger partial charge in [-0.15, -0.1) is 0 Å². The van der Waals surface area contributed by atoms with Gasteiger partial charge in [0, 0.05) is 0 Å². The van der Waals surface area contributed by atoms with Gasteiger partial charge in [0.2, 0.25) is 0 Å². The van der Waals surface area contributed by atoms with E-state index in [0.717, 1.165) is 0 Å². The molecule has 0 spiro atoms. The van der Waals surface area contributed by atoms with E-state index in [-0.39, 0.29) is 10.9 Å². The summed E-state index contributed by atoms with van der Waals surface area (Å²) in [5.74, 6) is 0. The molecule has 1 heteroatoms. The maximum atomic E-state index is 4.09. The number of allylic oxidation sites excluding steroid dienone is 4. The molecule has 0 radical (unpaired) electrons. The van der Waals surface area contributed by atoms with Crippen LogP contribution in [-0.4, -0.2) is 6.26 Å². The normalized spacial score (nSPS) is 13.5. The summed E-state index contributed by atoms with van der Waals surface area (Å²) in [6.45, 7) is 6.10. The predicted octanol–water partition coefficient (Wildman–Crippen LogP) is 3.94. The summed E-state index contributed by atoms with van der Waals surface area (Å²) in [4.78, 5) is 2.51. The number of hydrogen-bond donors (Lipinski definition) is 0. The second kappa shape index (κ2) is 6.31. The number of rotatable bonds is 4. The van der Waals surface area contributed by atoms with Gasteiger partial charge in [-0.2, -0.15) is 0 Å². The second-order valence-corrected chi connectivity index (χ2v) is 5.19. The Balaban J connectivity index is 2.69. The first-order valence-electron chi connectivity index (χ1n) is 4.95. The molecule has 1 rings (SSSR count). The summed E-state index contributed by atoms with van der Waals surface area (Å²) in [5.41, 5.74) is 0. The standard InChI is InChI=1S/C14H17S/c1-4-5-7-10-13(2)15(3)14-11-8-6-9-12-14/h4-12H,2H2,1,3H3/q+1/b5-4-,10-7-. The fraction of sp³-hybridized carbons (Fsp3) is 0.143. The van der Waals surface area contributed by atoms with Crippen LogP contribution < -0.4 is 0 Å². The highest BCUT2D eigenvalue weighted by molar-refractivity contribution is 8.00. The zero-order valence-corrected chi connectivity index (χ0v) is 10.1. The Hall–Kier alpha value is -1.21. The van der Waals surface area contributed by atoms with Gasteiger partial charge in [-0.1, -0.05) is 36.4 Å². The maximum Gasteiger partial charge on any atom is 0.160 e. The van der Waals surface area contributed by atoms with E-state index in [1.807, 2.05) is 31.2 Å². The van der Waals surface area contributed by atoms with Gasteiger partial charge in [0.05, 0.1) is 10.9 Å². The number of benzene rings is 1. The summed E-state index contributed by atoms with van der Waals surface area (Å²) in [6, 6.07) is 10.5. The minimum Gasteiger partial charge on any atom is -0.0877 e.